The van der Waals surface area contributed by atoms with Crippen LogP contribution in [0.3, 0.4) is 0 Å². The minimum atomic E-state index is -0.0278. The van der Waals surface area contributed by atoms with Crippen LogP contribution in [0.5, 0.6) is 11.5 Å². The Labute approximate surface area is 149 Å². The average molecular weight is 339 g/mol. The number of carbonyl (C=O) groups is 1. The average Bonchev–Trinajstić information content (AvgIpc) is 2.68. The van der Waals surface area contributed by atoms with Crippen LogP contribution in [0.4, 0.5) is 0 Å². The van der Waals surface area contributed by atoms with Gasteiger partial charge in [-0.3, -0.25) is 9.69 Å². The largest absolute Gasteiger partial charge is 0.496 e. The first kappa shape index (κ1) is 17.5. The van der Waals surface area contributed by atoms with Gasteiger partial charge in [0, 0.05) is 12.1 Å². The number of ketones is 1. The number of hydrogen-bond acceptors (Lipinski definition) is 4. The first-order valence-corrected chi connectivity index (χ1v) is 8.80. The predicted molar refractivity (Wildman–Crippen MR) is 98.5 cm³/mol. The molecule has 1 aliphatic heterocycles. The molecule has 0 amide bonds. The van der Waals surface area contributed by atoms with E-state index < -0.39 is 0 Å². The minimum Gasteiger partial charge on any atom is -0.496 e. The Bertz CT molecular complexity index is 721. The van der Waals surface area contributed by atoms with Gasteiger partial charge in [0.2, 0.25) is 0 Å². The first-order chi connectivity index (χ1) is 12.2. The van der Waals surface area contributed by atoms with Crippen molar-refractivity contribution in [3.8, 4) is 11.5 Å². The van der Waals surface area contributed by atoms with E-state index in [0.29, 0.717) is 16.9 Å². The summed E-state index contributed by atoms with van der Waals surface area (Å²) in [5, 5.41) is 0. The number of carbonyl (C=O) groups excluding carboxylic acids is 1. The van der Waals surface area contributed by atoms with Gasteiger partial charge in [-0.05, 0) is 38.1 Å². The topological polar surface area (TPSA) is 38.8 Å². The molecule has 0 aromatic heterocycles. The Balaban J connectivity index is 1.99. The summed E-state index contributed by atoms with van der Waals surface area (Å²) in [6, 6.07) is 13.0. The number of rotatable bonds is 6. The van der Waals surface area contributed by atoms with Crippen molar-refractivity contribution in [1.29, 1.82) is 0 Å². The summed E-state index contributed by atoms with van der Waals surface area (Å²) < 4.78 is 11.2. The number of piperidine rings is 1. The Morgan fingerprint density at radius 3 is 2.32 bits per heavy atom. The third-order valence-electron chi connectivity index (χ3n) is 4.75. The molecule has 0 bridgehead atoms. The molecular formula is C21H25NO3. The molecule has 1 heterocycles. The van der Waals surface area contributed by atoms with Crippen LogP contribution in [0.15, 0.2) is 42.5 Å². The third-order valence-corrected chi connectivity index (χ3v) is 4.75. The standard InChI is InChI=1S/C21H25NO3/c1-24-19-12-11-17(20(23)16-9-5-3-6-10-16)21(25-2)18(19)15-22-13-7-4-8-14-22/h3,5-6,9-12H,4,7-8,13-15H2,1-2H3. The lowest BCUT2D eigenvalue weighted by Gasteiger charge is -2.28. The monoisotopic (exact) mass is 339 g/mol. The highest BCUT2D eigenvalue weighted by atomic mass is 16.5. The number of ether oxygens (including phenoxy) is 2. The highest BCUT2D eigenvalue weighted by Crippen LogP contribution is 2.35. The maximum atomic E-state index is 12.9. The molecule has 4 heteroatoms. The fourth-order valence-electron chi connectivity index (χ4n) is 3.45. The molecule has 3 rings (SSSR count). The number of likely N-dealkylation sites (tertiary alicyclic amines) is 1. The molecule has 132 valence electrons. The van der Waals surface area contributed by atoms with Crippen molar-refractivity contribution in [2.24, 2.45) is 0 Å². The summed E-state index contributed by atoms with van der Waals surface area (Å²) in [7, 11) is 3.28. The second-order valence-electron chi connectivity index (χ2n) is 6.36. The lowest BCUT2D eigenvalue weighted by molar-refractivity contribution is 0.103. The fourth-order valence-corrected chi connectivity index (χ4v) is 3.45. The van der Waals surface area contributed by atoms with Gasteiger partial charge in [0.15, 0.2) is 5.78 Å². The molecule has 4 nitrogen and oxygen atoms in total. The van der Waals surface area contributed by atoms with Gasteiger partial charge in [0.05, 0.1) is 25.3 Å². The molecular weight excluding hydrogens is 314 g/mol. The van der Waals surface area contributed by atoms with Gasteiger partial charge in [-0.1, -0.05) is 36.8 Å². The molecule has 0 radical (unpaired) electrons. The summed E-state index contributed by atoms with van der Waals surface area (Å²) in [6.07, 6.45) is 3.72. The van der Waals surface area contributed by atoms with Crippen LogP contribution in [0, 0.1) is 0 Å². The van der Waals surface area contributed by atoms with Gasteiger partial charge < -0.3 is 9.47 Å². The normalized spacial score (nSPS) is 15.0. The van der Waals surface area contributed by atoms with E-state index in [1.165, 1.54) is 19.3 Å². The zero-order chi connectivity index (χ0) is 17.6. The van der Waals surface area contributed by atoms with E-state index in [9.17, 15) is 4.79 Å². The van der Waals surface area contributed by atoms with E-state index in [0.717, 1.165) is 30.9 Å². The number of nitrogens with zero attached hydrogens (tertiary/aromatic N) is 1. The lowest BCUT2D eigenvalue weighted by Crippen LogP contribution is -2.29. The molecule has 25 heavy (non-hydrogen) atoms. The van der Waals surface area contributed by atoms with Crippen LogP contribution >= 0.6 is 0 Å². The van der Waals surface area contributed by atoms with Gasteiger partial charge in [-0.15, -0.1) is 0 Å². The molecule has 1 saturated heterocycles. The quantitative estimate of drug-likeness (QED) is 0.748. The van der Waals surface area contributed by atoms with Crippen molar-refractivity contribution >= 4 is 5.78 Å². The molecule has 0 saturated carbocycles. The lowest BCUT2D eigenvalue weighted by atomic mass is 9.98. The van der Waals surface area contributed by atoms with Crippen LogP contribution in [0.25, 0.3) is 0 Å². The van der Waals surface area contributed by atoms with E-state index in [1.54, 1.807) is 20.3 Å². The fraction of sp³-hybridized carbons (Fsp3) is 0.381. The van der Waals surface area contributed by atoms with Gasteiger partial charge in [0.25, 0.3) is 0 Å². The SMILES string of the molecule is COc1ccc(C(=O)c2ccccc2)c(OC)c1CN1CCCCC1. The summed E-state index contributed by atoms with van der Waals surface area (Å²) >= 11 is 0. The van der Waals surface area contributed by atoms with Gasteiger partial charge in [-0.25, -0.2) is 0 Å². The molecule has 1 aliphatic rings. The van der Waals surface area contributed by atoms with E-state index in [-0.39, 0.29) is 5.78 Å². The maximum Gasteiger partial charge on any atom is 0.196 e. The van der Waals surface area contributed by atoms with Gasteiger partial charge >= 0.3 is 0 Å². The predicted octanol–water partition coefficient (Wildman–Crippen LogP) is 3.92. The maximum absolute atomic E-state index is 12.9. The Kier molecular flexibility index (Phi) is 5.71. The van der Waals surface area contributed by atoms with Crippen molar-refractivity contribution in [2.45, 2.75) is 25.8 Å². The van der Waals surface area contributed by atoms with Crippen LogP contribution in [-0.4, -0.2) is 38.0 Å². The third kappa shape index (κ3) is 3.85. The summed E-state index contributed by atoms with van der Waals surface area (Å²) in [6.45, 7) is 2.88. The molecule has 0 spiro atoms. The molecule has 0 aliphatic carbocycles. The first-order valence-electron chi connectivity index (χ1n) is 8.80. The van der Waals surface area contributed by atoms with Crippen LogP contribution in [0.2, 0.25) is 0 Å². The molecule has 0 unspecified atom stereocenters. The van der Waals surface area contributed by atoms with Crippen molar-refractivity contribution < 1.29 is 14.3 Å². The van der Waals surface area contributed by atoms with Crippen molar-refractivity contribution in [3.63, 3.8) is 0 Å². The number of hydrogen-bond donors (Lipinski definition) is 0. The van der Waals surface area contributed by atoms with Gasteiger partial charge in [0.1, 0.15) is 11.5 Å². The molecule has 2 aromatic carbocycles. The van der Waals surface area contributed by atoms with Crippen molar-refractivity contribution in [3.05, 3.63) is 59.2 Å². The number of benzene rings is 2. The second-order valence-corrected chi connectivity index (χ2v) is 6.36. The second kappa shape index (κ2) is 8.17. The zero-order valence-electron chi connectivity index (χ0n) is 15.0. The van der Waals surface area contributed by atoms with Crippen LogP contribution < -0.4 is 9.47 Å². The molecule has 0 N–H and O–H groups in total. The highest BCUT2D eigenvalue weighted by Gasteiger charge is 2.23. The van der Waals surface area contributed by atoms with E-state index in [2.05, 4.69) is 4.90 Å². The summed E-state index contributed by atoms with van der Waals surface area (Å²) in [5.41, 5.74) is 2.20. The Morgan fingerprint density at radius 1 is 0.960 bits per heavy atom. The minimum absolute atomic E-state index is 0.0278. The molecule has 2 aromatic rings. The molecule has 1 fully saturated rings. The Morgan fingerprint density at radius 2 is 1.68 bits per heavy atom. The van der Waals surface area contributed by atoms with Crippen LogP contribution in [0.1, 0.15) is 40.7 Å². The van der Waals surface area contributed by atoms with E-state index in [4.69, 9.17) is 9.47 Å². The van der Waals surface area contributed by atoms with Crippen molar-refractivity contribution in [2.75, 3.05) is 27.3 Å². The summed E-state index contributed by atoms with van der Waals surface area (Å²) in [5.74, 6) is 1.37. The highest BCUT2D eigenvalue weighted by molar-refractivity contribution is 6.11. The smallest absolute Gasteiger partial charge is 0.196 e. The summed E-state index contributed by atoms with van der Waals surface area (Å²) in [4.78, 5) is 15.3. The zero-order valence-corrected chi connectivity index (χ0v) is 15.0. The van der Waals surface area contributed by atoms with Gasteiger partial charge in [-0.2, -0.15) is 0 Å². The molecule has 0 atom stereocenters. The van der Waals surface area contributed by atoms with Crippen molar-refractivity contribution in [1.82, 2.24) is 4.90 Å². The van der Waals surface area contributed by atoms with E-state index >= 15 is 0 Å². The Hall–Kier alpha value is -2.33. The van der Waals surface area contributed by atoms with Crippen LogP contribution in [-0.2, 0) is 6.54 Å². The van der Waals surface area contributed by atoms with E-state index in [1.807, 2.05) is 36.4 Å². The number of methoxy groups -OCH3 is 2.